The van der Waals surface area contributed by atoms with Gasteiger partial charge >= 0.3 is 0 Å². The fraction of sp³-hybridized carbons (Fsp3) is 0.586. The van der Waals surface area contributed by atoms with Crippen molar-refractivity contribution in [2.75, 3.05) is 38.5 Å². The zero-order valence-electron chi connectivity index (χ0n) is 21.9. The Hall–Kier alpha value is -2.82. The van der Waals surface area contributed by atoms with Gasteiger partial charge in [-0.3, -0.25) is 9.69 Å². The molecule has 1 saturated heterocycles. The number of hydrogen-bond donors (Lipinski definition) is 1. The molecule has 4 aliphatic rings. The Kier molecular flexibility index (Phi) is 6.84. The monoisotopic (exact) mass is 486 g/mol. The molecule has 0 atom stereocenters. The van der Waals surface area contributed by atoms with Crippen LogP contribution in [0, 0.1) is 12.0 Å². The second-order valence-electron chi connectivity index (χ2n) is 11.5. The number of piperazine rings is 1. The number of nitrogens with one attached hydrogen (secondary N) is 1. The lowest BCUT2D eigenvalue weighted by Gasteiger charge is -2.43. The Balaban J connectivity index is 1.45. The molecule has 0 unspecified atom stereocenters. The molecule has 1 amide bonds. The third-order valence-corrected chi connectivity index (χ3v) is 8.84. The minimum Gasteiger partial charge on any atom is -0.361 e. The molecule has 190 valence electrons. The maximum absolute atomic E-state index is 13.0. The van der Waals surface area contributed by atoms with E-state index in [0.717, 1.165) is 56.1 Å². The molecule has 7 heteroatoms. The molecule has 1 N–H and O–H groups in total. The first-order chi connectivity index (χ1) is 17.3. The van der Waals surface area contributed by atoms with Gasteiger partial charge in [0.15, 0.2) is 5.71 Å². The highest BCUT2D eigenvalue weighted by Crippen LogP contribution is 2.50. The number of carbonyl (C=O) groups is 1. The second-order valence-corrected chi connectivity index (χ2v) is 11.5. The standard InChI is InChI=1S/C29H38N6O/c1-28(2,35-19-17-34(4)18-20-35)24-9-7-22(32-27(36)23-8-10-25(30-3)31-23)26(33-24)21-11-15-29(16-12-21)13-5-6-14-29/h7,9-11H,5-6,8,12-20H2,1-2,4H3,(H,32,36). The first-order valence-corrected chi connectivity index (χ1v) is 13.4. The van der Waals surface area contributed by atoms with Crippen molar-refractivity contribution in [3.63, 3.8) is 0 Å². The van der Waals surface area contributed by atoms with Gasteiger partial charge in [-0.2, -0.15) is 0 Å². The van der Waals surface area contributed by atoms with Crippen LogP contribution >= 0.6 is 0 Å². The van der Waals surface area contributed by atoms with Gasteiger partial charge in [0.2, 0.25) is 0 Å². The number of pyridine rings is 1. The van der Waals surface area contributed by atoms with E-state index in [1.165, 1.54) is 37.7 Å². The van der Waals surface area contributed by atoms with E-state index in [0.29, 0.717) is 23.4 Å². The van der Waals surface area contributed by atoms with Crippen molar-refractivity contribution in [2.45, 2.75) is 70.8 Å². The van der Waals surface area contributed by atoms with E-state index in [1.54, 1.807) is 6.08 Å². The van der Waals surface area contributed by atoms with Crippen molar-refractivity contribution in [3.05, 3.63) is 52.9 Å². The minimum absolute atomic E-state index is 0.204. The van der Waals surface area contributed by atoms with E-state index in [-0.39, 0.29) is 11.4 Å². The molecule has 7 nitrogen and oxygen atoms in total. The van der Waals surface area contributed by atoms with Crippen molar-refractivity contribution >= 4 is 22.9 Å². The van der Waals surface area contributed by atoms with Gasteiger partial charge in [0.1, 0.15) is 0 Å². The molecular weight excluding hydrogens is 448 g/mol. The van der Waals surface area contributed by atoms with Crippen LogP contribution in [0.2, 0.25) is 0 Å². The molecule has 1 aromatic rings. The summed E-state index contributed by atoms with van der Waals surface area (Å²) in [4.78, 5) is 30.7. The SMILES string of the molecule is [C-]#[N+]C1=CCC(C(=O)Nc2ccc(C(C)(C)N3CCN(C)CC3)nc2C2=CCC3(CCCC3)CC2)=N1. The molecule has 5 rings (SSSR count). The third kappa shape index (κ3) is 4.89. The van der Waals surface area contributed by atoms with Crippen LogP contribution in [-0.2, 0) is 10.3 Å². The largest absolute Gasteiger partial charge is 0.361 e. The van der Waals surface area contributed by atoms with Crippen LogP contribution in [0.3, 0.4) is 0 Å². The van der Waals surface area contributed by atoms with Gasteiger partial charge in [0.05, 0.1) is 22.6 Å². The first-order valence-electron chi connectivity index (χ1n) is 13.4. The molecule has 0 bridgehead atoms. The lowest BCUT2D eigenvalue weighted by molar-refractivity contribution is -0.110. The second kappa shape index (κ2) is 9.91. The van der Waals surface area contributed by atoms with Crippen molar-refractivity contribution in [3.8, 4) is 0 Å². The van der Waals surface area contributed by atoms with Gasteiger partial charge in [0, 0.05) is 32.6 Å². The van der Waals surface area contributed by atoms with Gasteiger partial charge in [0.25, 0.3) is 11.7 Å². The van der Waals surface area contributed by atoms with Crippen LogP contribution in [0.5, 0.6) is 0 Å². The highest BCUT2D eigenvalue weighted by Gasteiger charge is 2.37. The molecule has 1 saturated carbocycles. The summed E-state index contributed by atoms with van der Waals surface area (Å²) in [6.07, 6.45) is 13.2. The maximum Gasteiger partial charge on any atom is 0.294 e. The summed E-state index contributed by atoms with van der Waals surface area (Å²) in [5.74, 6) is 0.0438. The van der Waals surface area contributed by atoms with Gasteiger partial charge < -0.3 is 15.1 Å². The molecule has 1 spiro atoms. The lowest BCUT2D eigenvalue weighted by atomic mass is 9.73. The summed E-state index contributed by atoms with van der Waals surface area (Å²) < 4.78 is 0. The minimum atomic E-state index is -0.247. The summed E-state index contributed by atoms with van der Waals surface area (Å²) in [6, 6.07) is 4.09. The number of hydrogen-bond acceptors (Lipinski definition) is 5. The van der Waals surface area contributed by atoms with E-state index in [9.17, 15) is 4.79 Å². The smallest absolute Gasteiger partial charge is 0.294 e. The Morgan fingerprint density at radius 2 is 1.86 bits per heavy atom. The quantitative estimate of drug-likeness (QED) is 0.579. The molecule has 1 aromatic heterocycles. The number of amides is 1. The third-order valence-electron chi connectivity index (χ3n) is 8.84. The van der Waals surface area contributed by atoms with E-state index < -0.39 is 0 Å². The van der Waals surface area contributed by atoms with Gasteiger partial charge in [-0.1, -0.05) is 31.6 Å². The highest BCUT2D eigenvalue weighted by molar-refractivity contribution is 6.44. The summed E-state index contributed by atoms with van der Waals surface area (Å²) in [6.45, 7) is 15.8. The first kappa shape index (κ1) is 24.9. The van der Waals surface area contributed by atoms with Crippen LogP contribution in [0.1, 0.15) is 76.6 Å². The van der Waals surface area contributed by atoms with Crippen molar-refractivity contribution in [1.29, 1.82) is 0 Å². The predicted molar refractivity (Wildman–Crippen MR) is 144 cm³/mol. The topological polar surface area (TPSA) is 65.2 Å². The summed E-state index contributed by atoms with van der Waals surface area (Å²) in [7, 11) is 2.18. The fourth-order valence-electron chi connectivity index (χ4n) is 6.24. The Bertz CT molecular complexity index is 1160. The van der Waals surface area contributed by atoms with Crippen LogP contribution < -0.4 is 5.32 Å². The van der Waals surface area contributed by atoms with Gasteiger partial charge in [-0.05, 0) is 76.1 Å². The normalized spacial score (nSPS) is 22.7. The summed E-state index contributed by atoms with van der Waals surface area (Å²) in [5.41, 5.74) is 4.58. The number of anilines is 1. The molecular formula is C29H38N6O. The average Bonchev–Trinajstić information content (AvgIpc) is 3.55. The van der Waals surface area contributed by atoms with Gasteiger partial charge in [-0.25, -0.2) is 4.98 Å². The van der Waals surface area contributed by atoms with Gasteiger partial charge in [-0.15, -0.1) is 4.99 Å². The highest BCUT2D eigenvalue weighted by atomic mass is 16.1. The number of nitrogens with zero attached hydrogens (tertiary/aromatic N) is 5. The fourth-order valence-corrected chi connectivity index (χ4v) is 6.24. The van der Waals surface area contributed by atoms with Crippen LogP contribution in [0.15, 0.2) is 35.1 Å². The molecule has 2 aliphatic carbocycles. The summed E-state index contributed by atoms with van der Waals surface area (Å²) >= 11 is 0. The molecule has 2 aliphatic heterocycles. The lowest BCUT2D eigenvalue weighted by Crippen LogP contribution is -2.52. The molecule has 0 aromatic carbocycles. The molecule has 2 fully saturated rings. The number of rotatable bonds is 5. The average molecular weight is 487 g/mol. The van der Waals surface area contributed by atoms with Crippen molar-refractivity contribution < 1.29 is 4.79 Å². The zero-order chi connectivity index (χ0) is 25.3. The van der Waals surface area contributed by atoms with E-state index >= 15 is 0 Å². The Morgan fingerprint density at radius 1 is 1.11 bits per heavy atom. The number of carbonyl (C=O) groups excluding carboxylic acids is 1. The zero-order valence-corrected chi connectivity index (χ0v) is 21.9. The van der Waals surface area contributed by atoms with Crippen LogP contribution in [-0.4, -0.2) is 59.6 Å². The molecule has 3 heterocycles. The van der Waals surface area contributed by atoms with Crippen molar-refractivity contribution in [2.24, 2.45) is 10.4 Å². The van der Waals surface area contributed by atoms with Crippen LogP contribution in [0.25, 0.3) is 10.4 Å². The maximum atomic E-state index is 13.0. The number of likely N-dealkylation sites (N-methyl/N-ethyl adjacent to an activating group) is 1. The Morgan fingerprint density at radius 3 is 2.50 bits per heavy atom. The number of allylic oxidation sites excluding steroid dienone is 3. The van der Waals surface area contributed by atoms with E-state index in [1.807, 2.05) is 6.07 Å². The predicted octanol–water partition coefficient (Wildman–Crippen LogP) is 5.24. The summed E-state index contributed by atoms with van der Waals surface area (Å²) in [5, 5.41) is 3.09. The molecule has 36 heavy (non-hydrogen) atoms. The molecule has 0 radical (unpaired) electrons. The van der Waals surface area contributed by atoms with E-state index in [4.69, 9.17) is 11.6 Å². The van der Waals surface area contributed by atoms with Crippen LogP contribution in [0.4, 0.5) is 5.69 Å². The number of aromatic nitrogens is 1. The van der Waals surface area contributed by atoms with E-state index in [2.05, 4.69) is 58.0 Å². The van der Waals surface area contributed by atoms with Crippen molar-refractivity contribution in [1.82, 2.24) is 14.8 Å². The Labute approximate surface area is 215 Å². The number of aliphatic imine (C=N–C) groups is 1.